The Morgan fingerprint density at radius 3 is 3.00 bits per heavy atom. The molecular formula is C11H16N6. The van der Waals surface area contributed by atoms with E-state index in [1.54, 1.807) is 6.33 Å². The van der Waals surface area contributed by atoms with Crippen molar-refractivity contribution in [1.29, 1.82) is 0 Å². The molecule has 0 unspecified atom stereocenters. The van der Waals surface area contributed by atoms with Gasteiger partial charge in [0, 0.05) is 31.4 Å². The maximum atomic E-state index is 4.36. The fourth-order valence-corrected chi connectivity index (χ4v) is 2.22. The molecule has 0 atom stereocenters. The molecular weight excluding hydrogens is 216 g/mol. The van der Waals surface area contributed by atoms with E-state index < -0.39 is 0 Å². The lowest BCUT2D eigenvalue weighted by molar-refractivity contribution is 0.413. The van der Waals surface area contributed by atoms with Crippen LogP contribution in [-0.4, -0.2) is 45.3 Å². The molecule has 1 aliphatic rings. The number of hydrogen-bond acceptors (Lipinski definition) is 5. The van der Waals surface area contributed by atoms with Gasteiger partial charge >= 0.3 is 0 Å². The first kappa shape index (κ1) is 10.5. The van der Waals surface area contributed by atoms with Gasteiger partial charge in [-0.3, -0.25) is 0 Å². The molecule has 2 aromatic rings. The Labute approximate surface area is 99.7 Å². The number of nitrogens with one attached hydrogen (secondary N) is 1. The van der Waals surface area contributed by atoms with Crippen molar-refractivity contribution in [2.24, 2.45) is 0 Å². The van der Waals surface area contributed by atoms with Crippen molar-refractivity contribution >= 4 is 11.6 Å². The number of nitrogens with zero attached hydrogens (tertiary/aromatic N) is 5. The summed E-state index contributed by atoms with van der Waals surface area (Å²) in [5.74, 6) is 1.75. The number of likely N-dealkylation sites (N-methyl/N-ethyl adjacent to an activating group) is 1. The van der Waals surface area contributed by atoms with Crippen molar-refractivity contribution < 1.29 is 0 Å². The summed E-state index contributed by atoms with van der Waals surface area (Å²) in [5, 5.41) is 7.55. The Morgan fingerprint density at radius 1 is 1.53 bits per heavy atom. The van der Waals surface area contributed by atoms with Crippen LogP contribution in [0.1, 0.15) is 12.6 Å². The van der Waals surface area contributed by atoms with Gasteiger partial charge in [-0.25, -0.2) is 4.98 Å². The zero-order valence-electron chi connectivity index (χ0n) is 10.1. The second-order valence-electron chi connectivity index (χ2n) is 4.33. The molecule has 1 aliphatic heterocycles. The van der Waals surface area contributed by atoms with Gasteiger partial charge in [-0.15, -0.1) is 0 Å². The third-order valence-corrected chi connectivity index (χ3v) is 3.20. The third kappa shape index (κ3) is 1.64. The lowest BCUT2D eigenvalue weighted by Crippen LogP contribution is -2.57. The van der Waals surface area contributed by atoms with Crippen LogP contribution in [0.15, 0.2) is 12.4 Å². The highest BCUT2D eigenvalue weighted by Gasteiger charge is 2.25. The Bertz CT molecular complexity index is 530. The lowest BCUT2D eigenvalue weighted by atomic mass is 10.1. The second kappa shape index (κ2) is 3.96. The standard InChI is InChI=1S/C11H16N6/c1-3-16(9-5-12-6-9)10-4-8(2)15-11-13-7-14-17(10)11/h4,7,9,12H,3,5-6H2,1-2H3. The van der Waals surface area contributed by atoms with E-state index in [1.165, 1.54) is 0 Å². The Hall–Kier alpha value is -1.69. The largest absolute Gasteiger partial charge is 0.351 e. The number of fused-ring (bicyclic) bond motifs is 1. The molecule has 2 aromatic heterocycles. The molecule has 3 heterocycles. The average Bonchev–Trinajstić information content (AvgIpc) is 2.69. The SMILES string of the molecule is CCN(c1cc(C)nc2ncnn12)C1CNC1. The molecule has 1 saturated heterocycles. The molecule has 3 rings (SSSR count). The summed E-state index contributed by atoms with van der Waals surface area (Å²) in [6.45, 7) is 7.18. The summed E-state index contributed by atoms with van der Waals surface area (Å²) < 4.78 is 1.81. The maximum Gasteiger partial charge on any atom is 0.254 e. The lowest BCUT2D eigenvalue weighted by Gasteiger charge is -2.38. The van der Waals surface area contributed by atoms with E-state index in [1.807, 2.05) is 11.4 Å². The summed E-state index contributed by atoms with van der Waals surface area (Å²) in [6.07, 6.45) is 1.55. The number of hydrogen-bond donors (Lipinski definition) is 1. The highest BCUT2D eigenvalue weighted by atomic mass is 15.4. The van der Waals surface area contributed by atoms with Crippen LogP contribution in [0.2, 0.25) is 0 Å². The number of rotatable bonds is 3. The Balaban J connectivity index is 2.10. The van der Waals surface area contributed by atoms with Gasteiger partial charge in [-0.1, -0.05) is 0 Å². The van der Waals surface area contributed by atoms with E-state index in [0.717, 1.165) is 31.1 Å². The minimum absolute atomic E-state index is 0.550. The van der Waals surface area contributed by atoms with E-state index in [9.17, 15) is 0 Å². The summed E-state index contributed by atoms with van der Waals surface area (Å²) in [6, 6.07) is 2.62. The first-order chi connectivity index (χ1) is 8.29. The van der Waals surface area contributed by atoms with Gasteiger partial charge in [0.2, 0.25) is 0 Å². The molecule has 6 heteroatoms. The van der Waals surface area contributed by atoms with Crippen molar-refractivity contribution in [3.8, 4) is 0 Å². The van der Waals surface area contributed by atoms with Crippen LogP contribution < -0.4 is 10.2 Å². The van der Waals surface area contributed by atoms with Gasteiger partial charge in [-0.05, 0) is 13.8 Å². The maximum absolute atomic E-state index is 4.36. The van der Waals surface area contributed by atoms with E-state index in [2.05, 4.69) is 38.3 Å². The van der Waals surface area contributed by atoms with Crippen LogP contribution in [0.3, 0.4) is 0 Å². The molecule has 0 spiro atoms. The topological polar surface area (TPSA) is 58.4 Å². The van der Waals surface area contributed by atoms with Crippen LogP contribution in [0.5, 0.6) is 0 Å². The van der Waals surface area contributed by atoms with Crippen LogP contribution in [0, 0.1) is 6.92 Å². The minimum atomic E-state index is 0.550. The van der Waals surface area contributed by atoms with Gasteiger partial charge in [0.25, 0.3) is 5.78 Å². The molecule has 0 aliphatic carbocycles. The molecule has 0 amide bonds. The van der Waals surface area contributed by atoms with Crippen LogP contribution in [0.4, 0.5) is 5.82 Å². The first-order valence-corrected chi connectivity index (χ1v) is 5.94. The van der Waals surface area contributed by atoms with Crippen LogP contribution >= 0.6 is 0 Å². The van der Waals surface area contributed by atoms with Crippen LogP contribution in [0.25, 0.3) is 5.78 Å². The number of anilines is 1. The molecule has 90 valence electrons. The van der Waals surface area contributed by atoms with Crippen LogP contribution in [-0.2, 0) is 0 Å². The normalized spacial score (nSPS) is 16.1. The Kier molecular flexibility index (Phi) is 2.44. The smallest absolute Gasteiger partial charge is 0.254 e. The van der Waals surface area contributed by atoms with Gasteiger partial charge < -0.3 is 10.2 Å². The molecule has 0 bridgehead atoms. The number of aryl methyl sites for hydroxylation is 1. The molecule has 1 N–H and O–H groups in total. The van der Waals surface area contributed by atoms with E-state index in [0.29, 0.717) is 11.8 Å². The quantitative estimate of drug-likeness (QED) is 0.821. The molecule has 6 nitrogen and oxygen atoms in total. The third-order valence-electron chi connectivity index (χ3n) is 3.20. The predicted octanol–water partition coefficient (Wildman–Crippen LogP) is 0.231. The molecule has 0 aromatic carbocycles. The highest BCUT2D eigenvalue weighted by molar-refractivity contribution is 5.48. The van der Waals surface area contributed by atoms with E-state index >= 15 is 0 Å². The van der Waals surface area contributed by atoms with Gasteiger partial charge in [-0.2, -0.15) is 14.6 Å². The van der Waals surface area contributed by atoms with Crippen molar-refractivity contribution in [1.82, 2.24) is 24.9 Å². The van der Waals surface area contributed by atoms with Gasteiger partial charge in [0.1, 0.15) is 12.1 Å². The average molecular weight is 232 g/mol. The summed E-state index contributed by atoms with van der Waals surface area (Å²) in [5.41, 5.74) is 0.978. The summed E-state index contributed by atoms with van der Waals surface area (Å²) in [4.78, 5) is 10.9. The first-order valence-electron chi connectivity index (χ1n) is 5.94. The summed E-state index contributed by atoms with van der Waals surface area (Å²) >= 11 is 0. The van der Waals surface area contributed by atoms with Gasteiger partial charge in [0.15, 0.2) is 0 Å². The summed E-state index contributed by atoms with van der Waals surface area (Å²) in [7, 11) is 0. The fourth-order valence-electron chi connectivity index (χ4n) is 2.22. The monoisotopic (exact) mass is 232 g/mol. The van der Waals surface area contributed by atoms with E-state index in [-0.39, 0.29) is 0 Å². The van der Waals surface area contributed by atoms with Gasteiger partial charge in [0.05, 0.1) is 6.04 Å². The minimum Gasteiger partial charge on any atom is -0.351 e. The van der Waals surface area contributed by atoms with Crippen molar-refractivity contribution in [3.05, 3.63) is 18.1 Å². The zero-order chi connectivity index (χ0) is 11.8. The fraction of sp³-hybridized carbons (Fsp3) is 0.545. The predicted molar refractivity (Wildman–Crippen MR) is 65.2 cm³/mol. The molecule has 1 fully saturated rings. The molecule has 0 radical (unpaired) electrons. The zero-order valence-corrected chi connectivity index (χ0v) is 10.1. The number of aromatic nitrogens is 4. The van der Waals surface area contributed by atoms with E-state index in [4.69, 9.17) is 0 Å². The van der Waals surface area contributed by atoms with Crippen molar-refractivity contribution in [2.45, 2.75) is 19.9 Å². The molecule has 0 saturated carbocycles. The van der Waals surface area contributed by atoms with Crippen molar-refractivity contribution in [2.75, 3.05) is 24.5 Å². The Morgan fingerprint density at radius 2 is 2.35 bits per heavy atom. The van der Waals surface area contributed by atoms with Crippen molar-refractivity contribution in [3.63, 3.8) is 0 Å². The molecule has 17 heavy (non-hydrogen) atoms. The highest BCUT2D eigenvalue weighted by Crippen LogP contribution is 2.19. The second-order valence-corrected chi connectivity index (χ2v) is 4.33.